The number of hydrogen-bond donors (Lipinski definition) is 1. The fourth-order valence-corrected chi connectivity index (χ4v) is 1.80. The van der Waals surface area contributed by atoms with Gasteiger partial charge in [0, 0.05) is 12.2 Å². The summed E-state index contributed by atoms with van der Waals surface area (Å²) in [6.07, 6.45) is 0.992. The highest BCUT2D eigenvalue weighted by atomic mass is 16.1. The highest BCUT2D eigenvalue weighted by molar-refractivity contribution is 5.83. The Morgan fingerprint density at radius 1 is 1.44 bits per heavy atom. The molecule has 0 aliphatic heterocycles. The highest BCUT2D eigenvalue weighted by Crippen LogP contribution is 2.21. The molecule has 0 aromatic heterocycles. The van der Waals surface area contributed by atoms with Crippen LogP contribution in [0.5, 0.6) is 0 Å². The zero-order valence-electron chi connectivity index (χ0n) is 10.2. The third kappa shape index (κ3) is 2.75. The largest absolute Gasteiger partial charge is 0.368 e. The van der Waals surface area contributed by atoms with E-state index in [1.807, 2.05) is 38.1 Å². The van der Waals surface area contributed by atoms with Gasteiger partial charge in [0.15, 0.2) is 0 Å². The van der Waals surface area contributed by atoms with Crippen LogP contribution in [0, 0.1) is 6.92 Å². The Morgan fingerprint density at radius 3 is 2.56 bits per heavy atom. The first-order chi connectivity index (χ1) is 7.57. The Morgan fingerprint density at radius 2 is 2.06 bits per heavy atom. The van der Waals surface area contributed by atoms with Crippen LogP contribution in [0.1, 0.15) is 25.8 Å². The maximum Gasteiger partial charge on any atom is 0.239 e. The quantitative estimate of drug-likeness (QED) is 0.826. The Balaban J connectivity index is 3.02. The number of nitrogens with zero attached hydrogens (tertiary/aromatic N) is 1. The van der Waals surface area contributed by atoms with E-state index in [-0.39, 0.29) is 11.9 Å². The van der Waals surface area contributed by atoms with Gasteiger partial charge in [-0.3, -0.25) is 4.79 Å². The molecular weight excluding hydrogens is 200 g/mol. The van der Waals surface area contributed by atoms with Crippen molar-refractivity contribution in [2.75, 3.05) is 11.4 Å². The summed E-state index contributed by atoms with van der Waals surface area (Å²) >= 11 is 0. The van der Waals surface area contributed by atoms with E-state index in [9.17, 15) is 4.79 Å². The molecule has 0 bridgehead atoms. The summed E-state index contributed by atoms with van der Waals surface area (Å²) in [5.41, 5.74) is 7.64. The van der Waals surface area contributed by atoms with Gasteiger partial charge in [-0.1, -0.05) is 25.1 Å². The van der Waals surface area contributed by atoms with Crippen molar-refractivity contribution in [3.05, 3.63) is 29.8 Å². The number of nitrogens with two attached hydrogens (primary N) is 1. The van der Waals surface area contributed by atoms with Gasteiger partial charge in [0.2, 0.25) is 5.91 Å². The van der Waals surface area contributed by atoms with Gasteiger partial charge in [-0.2, -0.15) is 0 Å². The van der Waals surface area contributed by atoms with Crippen molar-refractivity contribution in [1.82, 2.24) is 0 Å². The lowest BCUT2D eigenvalue weighted by Gasteiger charge is -2.30. The molecule has 0 aliphatic rings. The van der Waals surface area contributed by atoms with E-state index in [2.05, 4.69) is 11.8 Å². The van der Waals surface area contributed by atoms with Gasteiger partial charge in [-0.05, 0) is 31.9 Å². The lowest BCUT2D eigenvalue weighted by Crippen LogP contribution is -2.43. The first kappa shape index (κ1) is 12.6. The SMILES string of the molecule is CCCN(c1ccccc1C)[C@@H](C)C(N)=O. The molecule has 1 aromatic rings. The number of rotatable bonds is 5. The predicted octanol–water partition coefficient (Wildman–Crippen LogP) is 2.09. The third-order valence-electron chi connectivity index (χ3n) is 2.77. The Hall–Kier alpha value is -1.51. The minimum atomic E-state index is -0.281. The standard InChI is InChI=1S/C13H20N2O/c1-4-9-15(11(3)13(14)16)12-8-6-5-7-10(12)2/h5-8,11H,4,9H2,1-3H3,(H2,14,16)/t11-/m0/s1. The van der Waals surface area contributed by atoms with Crippen LogP contribution >= 0.6 is 0 Å². The zero-order chi connectivity index (χ0) is 12.1. The average molecular weight is 220 g/mol. The molecule has 0 saturated heterocycles. The Labute approximate surface area is 97.2 Å². The second-order valence-corrected chi connectivity index (χ2v) is 4.06. The zero-order valence-corrected chi connectivity index (χ0v) is 10.2. The maximum absolute atomic E-state index is 11.3. The van der Waals surface area contributed by atoms with Crippen LogP contribution < -0.4 is 10.6 Å². The summed E-state index contributed by atoms with van der Waals surface area (Å²) < 4.78 is 0. The third-order valence-corrected chi connectivity index (χ3v) is 2.77. The van der Waals surface area contributed by atoms with Crippen LogP contribution in [0.15, 0.2) is 24.3 Å². The average Bonchev–Trinajstić information content (AvgIpc) is 2.26. The molecule has 1 rings (SSSR count). The van der Waals surface area contributed by atoms with Crippen molar-refractivity contribution < 1.29 is 4.79 Å². The monoisotopic (exact) mass is 220 g/mol. The summed E-state index contributed by atoms with van der Waals surface area (Å²) in [4.78, 5) is 13.3. The van der Waals surface area contributed by atoms with Gasteiger partial charge < -0.3 is 10.6 Å². The number of primary amides is 1. The number of hydrogen-bond acceptors (Lipinski definition) is 2. The van der Waals surface area contributed by atoms with Crippen LogP contribution in [0.3, 0.4) is 0 Å². The van der Waals surface area contributed by atoms with E-state index in [4.69, 9.17) is 5.73 Å². The molecule has 0 aliphatic carbocycles. The lowest BCUT2D eigenvalue weighted by atomic mass is 10.1. The van der Waals surface area contributed by atoms with Crippen molar-refractivity contribution in [2.45, 2.75) is 33.2 Å². The molecule has 0 unspecified atom stereocenters. The molecule has 0 fully saturated rings. The molecule has 3 nitrogen and oxygen atoms in total. The van der Waals surface area contributed by atoms with E-state index in [1.54, 1.807) is 0 Å². The van der Waals surface area contributed by atoms with Crippen molar-refractivity contribution >= 4 is 11.6 Å². The van der Waals surface area contributed by atoms with E-state index < -0.39 is 0 Å². The van der Waals surface area contributed by atoms with Crippen LogP contribution in [-0.4, -0.2) is 18.5 Å². The van der Waals surface area contributed by atoms with E-state index in [0.29, 0.717) is 0 Å². The molecule has 1 amide bonds. The lowest BCUT2D eigenvalue weighted by molar-refractivity contribution is -0.118. The summed E-state index contributed by atoms with van der Waals surface area (Å²) in [5.74, 6) is -0.281. The second-order valence-electron chi connectivity index (χ2n) is 4.06. The first-order valence-corrected chi connectivity index (χ1v) is 5.69. The molecule has 88 valence electrons. The van der Waals surface area contributed by atoms with Crippen LogP contribution in [0.25, 0.3) is 0 Å². The van der Waals surface area contributed by atoms with E-state index in [0.717, 1.165) is 18.7 Å². The second kappa shape index (κ2) is 5.54. The number of para-hydroxylation sites is 1. The molecule has 0 spiro atoms. The maximum atomic E-state index is 11.3. The number of amides is 1. The molecule has 0 radical (unpaired) electrons. The van der Waals surface area contributed by atoms with Crippen LogP contribution in [0.2, 0.25) is 0 Å². The van der Waals surface area contributed by atoms with Gasteiger partial charge in [-0.15, -0.1) is 0 Å². The molecule has 0 heterocycles. The van der Waals surface area contributed by atoms with Crippen molar-refractivity contribution in [3.8, 4) is 0 Å². The summed E-state index contributed by atoms with van der Waals surface area (Å²) in [6.45, 7) is 6.84. The smallest absolute Gasteiger partial charge is 0.239 e. The van der Waals surface area contributed by atoms with Gasteiger partial charge in [0.25, 0.3) is 0 Å². The first-order valence-electron chi connectivity index (χ1n) is 5.69. The molecule has 0 saturated carbocycles. The van der Waals surface area contributed by atoms with Gasteiger partial charge in [0.05, 0.1) is 0 Å². The highest BCUT2D eigenvalue weighted by Gasteiger charge is 2.19. The van der Waals surface area contributed by atoms with Crippen LogP contribution in [0.4, 0.5) is 5.69 Å². The van der Waals surface area contributed by atoms with Gasteiger partial charge >= 0.3 is 0 Å². The molecule has 16 heavy (non-hydrogen) atoms. The van der Waals surface area contributed by atoms with Crippen molar-refractivity contribution in [1.29, 1.82) is 0 Å². The van der Waals surface area contributed by atoms with Gasteiger partial charge in [-0.25, -0.2) is 0 Å². The fraction of sp³-hybridized carbons (Fsp3) is 0.462. The van der Waals surface area contributed by atoms with Crippen LogP contribution in [-0.2, 0) is 4.79 Å². The molecule has 1 aromatic carbocycles. The fourth-order valence-electron chi connectivity index (χ4n) is 1.80. The minimum absolute atomic E-state index is 0.263. The molecule has 2 N–H and O–H groups in total. The number of benzene rings is 1. The van der Waals surface area contributed by atoms with E-state index >= 15 is 0 Å². The Kier molecular flexibility index (Phi) is 4.35. The molecule has 3 heteroatoms. The number of carbonyl (C=O) groups is 1. The minimum Gasteiger partial charge on any atom is -0.368 e. The predicted molar refractivity (Wildman–Crippen MR) is 67.5 cm³/mol. The summed E-state index contributed by atoms with van der Waals surface area (Å²) in [5, 5.41) is 0. The van der Waals surface area contributed by atoms with Crippen molar-refractivity contribution in [2.24, 2.45) is 5.73 Å². The van der Waals surface area contributed by atoms with Gasteiger partial charge in [0.1, 0.15) is 6.04 Å². The molecular formula is C13H20N2O. The summed E-state index contributed by atoms with van der Waals surface area (Å²) in [7, 11) is 0. The number of carbonyl (C=O) groups excluding carboxylic acids is 1. The number of anilines is 1. The topological polar surface area (TPSA) is 46.3 Å². The number of aryl methyl sites for hydroxylation is 1. The molecule has 1 atom stereocenters. The summed E-state index contributed by atoms with van der Waals surface area (Å²) in [6, 6.07) is 7.80. The Bertz CT molecular complexity index is 363. The normalized spacial score (nSPS) is 12.2. The van der Waals surface area contributed by atoms with E-state index in [1.165, 1.54) is 5.56 Å². The van der Waals surface area contributed by atoms with Crippen molar-refractivity contribution in [3.63, 3.8) is 0 Å².